The van der Waals surface area contributed by atoms with Gasteiger partial charge in [-0.25, -0.2) is 0 Å². The van der Waals surface area contributed by atoms with Crippen molar-refractivity contribution >= 4 is 23.0 Å². The van der Waals surface area contributed by atoms with Crippen molar-refractivity contribution in [3.63, 3.8) is 0 Å². The second-order valence-electron chi connectivity index (χ2n) is 7.73. The van der Waals surface area contributed by atoms with Crippen molar-refractivity contribution in [2.45, 2.75) is 71.8 Å². The van der Waals surface area contributed by atoms with Crippen LogP contribution >= 0.6 is 12.2 Å². The molecule has 6 heteroatoms. The van der Waals surface area contributed by atoms with E-state index in [1.54, 1.807) is 0 Å². The Bertz CT molecular complexity index is 753. The van der Waals surface area contributed by atoms with Gasteiger partial charge in [0.15, 0.2) is 10.9 Å². The third-order valence-corrected chi connectivity index (χ3v) is 5.85. The van der Waals surface area contributed by atoms with Crippen LogP contribution in [-0.4, -0.2) is 26.4 Å². The fourth-order valence-electron chi connectivity index (χ4n) is 3.76. The lowest BCUT2D eigenvalue weighted by atomic mass is 9.99. The third kappa shape index (κ3) is 5.53. The maximum absolute atomic E-state index is 5.47. The van der Waals surface area contributed by atoms with Crippen LogP contribution in [0.1, 0.15) is 64.6 Å². The van der Waals surface area contributed by atoms with E-state index in [1.165, 1.54) is 44.9 Å². The number of aromatic nitrogens is 3. The lowest BCUT2D eigenvalue weighted by Crippen LogP contribution is -2.32. The molecule has 3 rings (SSSR count). The second kappa shape index (κ2) is 10.6. The molecular formula is C22H33N5S. The van der Waals surface area contributed by atoms with Crippen LogP contribution in [-0.2, 0) is 13.0 Å². The van der Waals surface area contributed by atoms with Crippen molar-refractivity contribution < 1.29 is 0 Å². The van der Waals surface area contributed by atoms with Crippen molar-refractivity contribution in [1.29, 1.82) is 0 Å². The highest BCUT2D eigenvalue weighted by molar-refractivity contribution is 7.80. The average Bonchev–Trinajstić information content (AvgIpc) is 2.97. The zero-order chi connectivity index (χ0) is 19.8. The summed E-state index contributed by atoms with van der Waals surface area (Å²) in [4.78, 5) is 0. The SMILES string of the molecule is CCCC[C@@H](CC)CNC(=S)Nc1ccc(-c2nnc3n2CCCCC3)cc1. The smallest absolute Gasteiger partial charge is 0.170 e. The first kappa shape index (κ1) is 20.8. The van der Waals surface area contributed by atoms with Crippen LogP contribution in [0.5, 0.6) is 0 Å². The molecule has 1 aromatic heterocycles. The normalized spacial score (nSPS) is 14.8. The van der Waals surface area contributed by atoms with E-state index in [0.717, 1.165) is 42.4 Å². The number of anilines is 1. The highest BCUT2D eigenvalue weighted by Crippen LogP contribution is 2.24. The summed E-state index contributed by atoms with van der Waals surface area (Å²) < 4.78 is 2.28. The molecule has 0 spiro atoms. The number of hydrogen-bond acceptors (Lipinski definition) is 3. The molecule has 1 aliphatic heterocycles. The number of fused-ring (bicyclic) bond motifs is 1. The van der Waals surface area contributed by atoms with Crippen molar-refractivity contribution in [2.24, 2.45) is 5.92 Å². The molecule has 152 valence electrons. The Morgan fingerprint density at radius 3 is 2.71 bits per heavy atom. The lowest BCUT2D eigenvalue weighted by Gasteiger charge is -2.17. The van der Waals surface area contributed by atoms with Gasteiger partial charge in [-0.1, -0.05) is 39.5 Å². The van der Waals surface area contributed by atoms with Crippen LogP contribution in [0.15, 0.2) is 24.3 Å². The van der Waals surface area contributed by atoms with Gasteiger partial charge in [-0.15, -0.1) is 10.2 Å². The fraction of sp³-hybridized carbons (Fsp3) is 0.591. The minimum atomic E-state index is 0.685. The van der Waals surface area contributed by atoms with Gasteiger partial charge in [0.05, 0.1) is 0 Å². The van der Waals surface area contributed by atoms with Gasteiger partial charge in [-0.05, 0) is 61.7 Å². The first-order chi connectivity index (χ1) is 13.7. The van der Waals surface area contributed by atoms with E-state index in [-0.39, 0.29) is 0 Å². The molecule has 0 unspecified atom stereocenters. The minimum absolute atomic E-state index is 0.685. The molecule has 0 saturated carbocycles. The summed E-state index contributed by atoms with van der Waals surface area (Å²) in [5.41, 5.74) is 2.11. The number of rotatable bonds is 8. The number of benzene rings is 1. The van der Waals surface area contributed by atoms with Gasteiger partial charge in [-0.2, -0.15) is 0 Å². The van der Waals surface area contributed by atoms with Gasteiger partial charge in [-0.3, -0.25) is 0 Å². The van der Waals surface area contributed by atoms with Crippen LogP contribution in [0, 0.1) is 5.92 Å². The molecule has 0 saturated heterocycles. The monoisotopic (exact) mass is 399 g/mol. The molecule has 0 amide bonds. The quantitative estimate of drug-likeness (QED) is 0.600. The third-order valence-electron chi connectivity index (χ3n) is 5.61. The molecule has 28 heavy (non-hydrogen) atoms. The maximum atomic E-state index is 5.47. The van der Waals surface area contributed by atoms with Gasteiger partial charge in [0, 0.05) is 30.8 Å². The fourth-order valence-corrected chi connectivity index (χ4v) is 3.96. The number of nitrogens with one attached hydrogen (secondary N) is 2. The molecule has 2 aromatic rings. The molecule has 1 atom stereocenters. The zero-order valence-corrected chi connectivity index (χ0v) is 18.0. The Morgan fingerprint density at radius 1 is 1.14 bits per heavy atom. The van der Waals surface area contributed by atoms with E-state index < -0.39 is 0 Å². The molecule has 0 aliphatic carbocycles. The predicted molar refractivity (Wildman–Crippen MR) is 121 cm³/mol. The van der Waals surface area contributed by atoms with Crippen molar-refractivity contribution in [1.82, 2.24) is 20.1 Å². The molecule has 1 aromatic carbocycles. The summed E-state index contributed by atoms with van der Waals surface area (Å²) >= 11 is 5.47. The molecule has 0 radical (unpaired) electrons. The largest absolute Gasteiger partial charge is 0.362 e. The molecule has 0 bridgehead atoms. The highest BCUT2D eigenvalue weighted by Gasteiger charge is 2.16. The Labute approximate surface area is 174 Å². The topological polar surface area (TPSA) is 54.8 Å². The average molecular weight is 400 g/mol. The number of aryl methyl sites for hydroxylation is 1. The summed E-state index contributed by atoms with van der Waals surface area (Å²) in [5.74, 6) is 2.78. The highest BCUT2D eigenvalue weighted by atomic mass is 32.1. The number of hydrogen-bond donors (Lipinski definition) is 2. The van der Waals surface area contributed by atoms with E-state index in [1.807, 2.05) is 0 Å². The van der Waals surface area contributed by atoms with Gasteiger partial charge in [0.25, 0.3) is 0 Å². The Hall–Kier alpha value is -1.95. The first-order valence-corrected chi connectivity index (χ1v) is 11.2. The van der Waals surface area contributed by atoms with E-state index in [0.29, 0.717) is 11.0 Å². The van der Waals surface area contributed by atoms with Gasteiger partial charge in [0.1, 0.15) is 5.82 Å². The van der Waals surface area contributed by atoms with E-state index >= 15 is 0 Å². The summed E-state index contributed by atoms with van der Waals surface area (Å²) in [5, 5.41) is 16.2. The van der Waals surface area contributed by atoms with Gasteiger partial charge in [0.2, 0.25) is 0 Å². The molecular weight excluding hydrogens is 366 g/mol. The van der Waals surface area contributed by atoms with E-state index in [4.69, 9.17) is 12.2 Å². The molecule has 0 fully saturated rings. The number of unbranched alkanes of at least 4 members (excludes halogenated alkanes) is 1. The van der Waals surface area contributed by atoms with E-state index in [9.17, 15) is 0 Å². The summed E-state index contributed by atoms with van der Waals surface area (Å²) in [6, 6.07) is 8.33. The second-order valence-corrected chi connectivity index (χ2v) is 8.14. The van der Waals surface area contributed by atoms with Gasteiger partial charge >= 0.3 is 0 Å². The molecule has 2 N–H and O–H groups in total. The summed E-state index contributed by atoms with van der Waals surface area (Å²) in [6.07, 6.45) is 9.70. The number of thiocarbonyl (C=S) groups is 1. The Kier molecular flexibility index (Phi) is 7.83. The van der Waals surface area contributed by atoms with Crippen molar-refractivity contribution in [2.75, 3.05) is 11.9 Å². The van der Waals surface area contributed by atoms with Crippen molar-refractivity contribution in [3.05, 3.63) is 30.1 Å². The standard InChI is InChI=1S/C22H33N5S/c1-3-5-9-17(4-2)16-23-22(28)24-19-13-11-18(12-14-19)21-26-25-20-10-7-6-8-15-27(20)21/h11-14,17H,3-10,15-16H2,1-2H3,(H2,23,24,28)/t17-/m1/s1. The summed E-state index contributed by atoms with van der Waals surface area (Å²) in [6.45, 7) is 6.45. The van der Waals surface area contributed by atoms with Crippen molar-refractivity contribution in [3.8, 4) is 11.4 Å². The molecule has 2 heterocycles. The van der Waals surface area contributed by atoms with Crippen LogP contribution in [0.3, 0.4) is 0 Å². The minimum Gasteiger partial charge on any atom is -0.362 e. The van der Waals surface area contributed by atoms with Crippen LogP contribution in [0.4, 0.5) is 5.69 Å². The maximum Gasteiger partial charge on any atom is 0.170 e. The molecule has 5 nitrogen and oxygen atoms in total. The van der Waals surface area contributed by atoms with Crippen LogP contribution in [0.2, 0.25) is 0 Å². The molecule has 1 aliphatic rings. The number of nitrogens with zero attached hydrogens (tertiary/aromatic N) is 3. The zero-order valence-electron chi connectivity index (χ0n) is 17.2. The Balaban J connectivity index is 1.56. The lowest BCUT2D eigenvalue weighted by molar-refractivity contribution is 0.446. The Morgan fingerprint density at radius 2 is 1.96 bits per heavy atom. The predicted octanol–water partition coefficient (Wildman–Crippen LogP) is 5.17. The van der Waals surface area contributed by atoms with Crippen LogP contribution < -0.4 is 10.6 Å². The van der Waals surface area contributed by atoms with Gasteiger partial charge < -0.3 is 15.2 Å². The van der Waals surface area contributed by atoms with Crippen LogP contribution in [0.25, 0.3) is 11.4 Å². The summed E-state index contributed by atoms with van der Waals surface area (Å²) in [7, 11) is 0. The first-order valence-electron chi connectivity index (χ1n) is 10.8. The van der Waals surface area contributed by atoms with E-state index in [2.05, 4.69) is 63.5 Å².